The maximum absolute atomic E-state index is 13.6. The van der Waals surface area contributed by atoms with Crippen LogP contribution in [0.25, 0.3) is 0 Å². The molecular weight excluding hydrogens is 498 g/mol. The van der Waals surface area contributed by atoms with Gasteiger partial charge in [-0.05, 0) is 136 Å². The monoisotopic (exact) mass is 553 g/mol. The first-order chi connectivity index (χ1) is 18.7. The number of ether oxygens (including phenoxy) is 1. The van der Waals surface area contributed by atoms with E-state index in [1.54, 1.807) is 6.92 Å². The molecule has 0 saturated heterocycles. The molecule has 5 aliphatic rings. The number of nitrogens with two attached hydrogens (primary N) is 1. The van der Waals surface area contributed by atoms with Crippen molar-refractivity contribution >= 4 is 11.8 Å². The predicted octanol–water partition coefficient (Wildman–Crippen LogP) is 6.92. The first kappa shape index (κ1) is 30.0. The van der Waals surface area contributed by atoms with Gasteiger partial charge in [0.2, 0.25) is 0 Å². The van der Waals surface area contributed by atoms with Crippen LogP contribution in [-0.2, 0) is 14.3 Å². The maximum atomic E-state index is 13.6. The maximum Gasteiger partial charge on any atom is 0.303 e. The number of hydrogen-bond donors (Lipinski definition) is 2. The van der Waals surface area contributed by atoms with Crippen molar-refractivity contribution in [2.45, 2.75) is 138 Å². The number of hydrogen-bond acceptors (Lipinski definition) is 5. The molecule has 5 fully saturated rings. The molecule has 0 amide bonds. The van der Waals surface area contributed by atoms with Gasteiger partial charge in [-0.15, -0.1) is 0 Å². The molecule has 5 nitrogen and oxygen atoms in total. The highest BCUT2D eigenvalue weighted by Crippen LogP contribution is 2.74. The van der Waals surface area contributed by atoms with Crippen LogP contribution in [0.1, 0.15) is 120 Å². The van der Waals surface area contributed by atoms with Gasteiger partial charge in [0.15, 0.2) is 5.78 Å². The Morgan fingerprint density at radius 3 is 2.33 bits per heavy atom. The Kier molecular flexibility index (Phi) is 7.78. The minimum Gasteiger partial charge on any atom is -0.458 e. The van der Waals surface area contributed by atoms with E-state index in [-0.39, 0.29) is 64.0 Å². The van der Waals surface area contributed by atoms with Crippen LogP contribution in [0.2, 0.25) is 0 Å². The quantitative estimate of drug-likeness (QED) is 0.225. The molecule has 224 valence electrons. The predicted molar refractivity (Wildman–Crippen MR) is 159 cm³/mol. The SMILES string of the molecule is CC(=O)O[C@H]1C[C@@]2(C)[C@@H](C[C@@H](N)[C@H]3[C@@]4(C)CC[C@@H](O)[C@@H](C)[C@@H]4CC[C@@]32C)/C1=C(/C(C)=O)C1CCCC(=C(C)C)C1. The lowest BCUT2D eigenvalue weighted by molar-refractivity contribution is -0.204. The standard InChI is InChI=1S/C35H55NO4/c1-19(2)23-10-9-11-24(16-23)30(21(4)37)31-26-17-27(36)32-33(6)14-13-28(39)20(3)25(33)12-15-34(32,7)35(26,8)18-29(31)40-22(5)38/h20,24-29,32,39H,9-18,36H2,1-8H3/b31-30+/t20-,24?,25-,26-,27+,28+,29-,32-,33-,34-,35-/m0/s1. The van der Waals surface area contributed by atoms with E-state index in [0.29, 0.717) is 11.8 Å². The van der Waals surface area contributed by atoms with Gasteiger partial charge in [-0.2, -0.15) is 0 Å². The molecule has 0 aromatic heterocycles. The average molecular weight is 554 g/mol. The Labute approximate surface area is 242 Å². The second-order valence-electron chi connectivity index (χ2n) is 15.5. The smallest absolute Gasteiger partial charge is 0.303 e. The molecule has 0 aromatic rings. The minimum atomic E-state index is -0.358. The normalized spacial score (nSPS) is 48.0. The van der Waals surface area contributed by atoms with E-state index in [1.807, 2.05) is 0 Å². The van der Waals surface area contributed by atoms with E-state index in [2.05, 4.69) is 41.5 Å². The Morgan fingerprint density at radius 2 is 1.70 bits per heavy atom. The van der Waals surface area contributed by atoms with Crippen molar-refractivity contribution in [2.24, 2.45) is 51.6 Å². The highest BCUT2D eigenvalue weighted by Gasteiger charge is 2.70. The molecule has 5 aliphatic carbocycles. The Hall–Kier alpha value is -1.46. The summed E-state index contributed by atoms with van der Waals surface area (Å²) >= 11 is 0. The van der Waals surface area contributed by atoms with Crippen LogP contribution in [0, 0.1) is 45.8 Å². The van der Waals surface area contributed by atoms with E-state index >= 15 is 0 Å². The minimum absolute atomic E-state index is 0.0114. The second kappa shape index (κ2) is 10.4. The van der Waals surface area contributed by atoms with Gasteiger partial charge in [-0.1, -0.05) is 38.8 Å². The summed E-state index contributed by atoms with van der Waals surface area (Å²) in [5.74, 6) is 1.28. The molecule has 5 saturated carbocycles. The van der Waals surface area contributed by atoms with E-state index in [9.17, 15) is 14.7 Å². The number of carbonyl (C=O) groups excluding carboxylic acids is 2. The average Bonchev–Trinajstić information content (AvgIpc) is 3.13. The molecule has 3 N–H and O–H groups in total. The molecule has 11 atom stereocenters. The van der Waals surface area contributed by atoms with Crippen LogP contribution < -0.4 is 5.73 Å². The summed E-state index contributed by atoms with van der Waals surface area (Å²) in [5.41, 5.74) is 12.1. The number of Topliss-reactive ketones (excluding diaryl/α,β-unsaturated/α-hetero) is 1. The van der Waals surface area contributed by atoms with Crippen molar-refractivity contribution in [3.63, 3.8) is 0 Å². The summed E-state index contributed by atoms with van der Waals surface area (Å²) in [5, 5.41) is 10.8. The number of aliphatic hydroxyl groups excluding tert-OH is 1. The van der Waals surface area contributed by atoms with Crippen molar-refractivity contribution < 1.29 is 19.4 Å². The molecule has 0 heterocycles. The third-order valence-corrected chi connectivity index (χ3v) is 13.4. The van der Waals surface area contributed by atoms with E-state index < -0.39 is 0 Å². The molecule has 0 spiro atoms. The van der Waals surface area contributed by atoms with Crippen LogP contribution in [0.3, 0.4) is 0 Å². The summed E-state index contributed by atoms with van der Waals surface area (Å²) in [4.78, 5) is 26.1. The summed E-state index contributed by atoms with van der Waals surface area (Å²) < 4.78 is 6.17. The largest absolute Gasteiger partial charge is 0.458 e. The molecule has 5 heteroatoms. The molecule has 0 aromatic carbocycles. The fraction of sp³-hybridized carbons (Fsp3) is 0.829. The Balaban J connectivity index is 1.64. The van der Waals surface area contributed by atoms with Gasteiger partial charge >= 0.3 is 5.97 Å². The van der Waals surface area contributed by atoms with Gasteiger partial charge in [-0.3, -0.25) is 9.59 Å². The van der Waals surface area contributed by atoms with Crippen LogP contribution >= 0.6 is 0 Å². The van der Waals surface area contributed by atoms with Crippen molar-refractivity contribution in [3.8, 4) is 0 Å². The molecular formula is C35H55NO4. The lowest BCUT2D eigenvalue weighted by Crippen LogP contribution is -2.67. The van der Waals surface area contributed by atoms with Crippen LogP contribution in [0.15, 0.2) is 22.3 Å². The van der Waals surface area contributed by atoms with Crippen LogP contribution in [-0.4, -0.2) is 35.1 Å². The lowest BCUT2D eigenvalue weighted by Gasteiger charge is -2.69. The van der Waals surface area contributed by atoms with E-state index in [4.69, 9.17) is 10.5 Å². The summed E-state index contributed by atoms with van der Waals surface area (Å²) in [6.45, 7) is 17.2. The number of fused-ring (bicyclic) bond motifs is 5. The third kappa shape index (κ3) is 4.39. The summed E-state index contributed by atoms with van der Waals surface area (Å²) in [7, 11) is 0. The van der Waals surface area contributed by atoms with Crippen molar-refractivity contribution in [3.05, 3.63) is 22.3 Å². The first-order valence-corrected chi connectivity index (χ1v) is 16.2. The molecule has 1 unspecified atom stereocenters. The van der Waals surface area contributed by atoms with Gasteiger partial charge in [0.1, 0.15) is 6.10 Å². The lowest BCUT2D eigenvalue weighted by atomic mass is 9.36. The zero-order valence-corrected chi connectivity index (χ0v) is 26.4. The van der Waals surface area contributed by atoms with Crippen LogP contribution in [0.4, 0.5) is 0 Å². The van der Waals surface area contributed by atoms with Crippen molar-refractivity contribution in [1.82, 2.24) is 0 Å². The zero-order valence-electron chi connectivity index (χ0n) is 26.4. The van der Waals surface area contributed by atoms with Crippen molar-refractivity contribution in [1.29, 1.82) is 0 Å². The van der Waals surface area contributed by atoms with Gasteiger partial charge in [0.25, 0.3) is 0 Å². The number of ketones is 1. The third-order valence-electron chi connectivity index (χ3n) is 13.4. The van der Waals surface area contributed by atoms with E-state index in [1.165, 1.54) is 18.1 Å². The fourth-order valence-electron chi connectivity index (χ4n) is 11.5. The molecule has 0 aliphatic heterocycles. The van der Waals surface area contributed by atoms with Gasteiger partial charge < -0.3 is 15.6 Å². The number of rotatable bonds is 3. The topological polar surface area (TPSA) is 89.6 Å². The first-order valence-electron chi connectivity index (χ1n) is 16.2. The Morgan fingerprint density at radius 1 is 1.00 bits per heavy atom. The summed E-state index contributed by atoms with van der Waals surface area (Å²) in [6.07, 6.45) is 9.20. The molecule has 40 heavy (non-hydrogen) atoms. The van der Waals surface area contributed by atoms with Gasteiger partial charge in [0, 0.05) is 18.5 Å². The Bertz CT molecular complexity index is 1120. The fourth-order valence-corrected chi connectivity index (χ4v) is 11.5. The number of aliphatic hydroxyl groups is 1. The zero-order chi connectivity index (χ0) is 29.4. The number of carbonyl (C=O) groups is 2. The molecule has 5 rings (SSSR count). The van der Waals surface area contributed by atoms with Gasteiger partial charge in [-0.25, -0.2) is 0 Å². The van der Waals surface area contributed by atoms with Gasteiger partial charge in [0.05, 0.1) is 6.10 Å². The highest BCUT2D eigenvalue weighted by molar-refractivity contribution is 5.95. The number of allylic oxidation sites excluding steroid dienone is 3. The molecule has 0 bridgehead atoms. The van der Waals surface area contributed by atoms with Crippen molar-refractivity contribution in [2.75, 3.05) is 0 Å². The highest BCUT2D eigenvalue weighted by atomic mass is 16.5. The van der Waals surface area contributed by atoms with E-state index in [0.717, 1.165) is 75.4 Å². The molecule has 0 radical (unpaired) electrons. The number of esters is 1. The van der Waals surface area contributed by atoms with Crippen LogP contribution in [0.5, 0.6) is 0 Å². The second-order valence-corrected chi connectivity index (χ2v) is 15.5. The summed E-state index contributed by atoms with van der Waals surface area (Å²) in [6, 6.07) is 0.0114.